The first-order valence-electron chi connectivity index (χ1n) is 9.29. The normalized spacial score (nSPS) is 10.3. The van der Waals surface area contributed by atoms with Crippen molar-refractivity contribution in [3.63, 3.8) is 0 Å². The summed E-state index contributed by atoms with van der Waals surface area (Å²) in [6, 6.07) is 16.7. The first-order valence-corrected chi connectivity index (χ1v) is 10.0. The van der Waals surface area contributed by atoms with E-state index < -0.39 is 0 Å². The van der Waals surface area contributed by atoms with Gasteiger partial charge in [0.25, 0.3) is 11.8 Å². The highest BCUT2D eigenvalue weighted by Crippen LogP contribution is 2.26. The fourth-order valence-corrected chi connectivity index (χ4v) is 3.31. The van der Waals surface area contributed by atoms with Crippen molar-refractivity contribution < 1.29 is 19.1 Å². The Morgan fingerprint density at radius 1 is 0.903 bits per heavy atom. The lowest BCUT2D eigenvalue weighted by Crippen LogP contribution is -2.20. The predicted octanol–water partition coefficient (Wildman–Crippen LogP) is 5.58. The van der Waals surface area contributed by atoms with Gasteiger partial charge in [0, 0.05) is 21.3 Å². The van der Waals surface area contributed by atoms with Gasteiger partial charge in [0.2, 0.25) is 0 Å². The summed E-state index contributed by atoms with van der Waals surface area (Å²) in [5.41, 5.74) is 2.50. The minimum atomic E-state index is -0.369. The summed E-state index contributed by atoms with van der Waals surface area (Å²) in [6.07, 6.45) is 0. The minimum absolute atomic E-state index is 0.212. The van der Waals surface area contributed by atoms with Crippen LogP contribution in [0.4, 0.5) is 11.4 Å². The van der Waals surface area contributed by atoms with Crippen LogP contribution in [0.5, 0.6) is 11.5 Å². The molecule has 0 heterocycles. The molecule has 3 aromatic rings. The number of aryl methyl sites for hydroxylation is 1. The van der Waals surface area contributed by atoms with Gasteiger partial charge in [0.1, 0.15) is 11.5 Å². The van der Waals surface area contributed by atoms with Gasteiger partial charge in [0.05, 0.1) is 12.8 Å². The molecule has 2 N–H and O–H groups in total. The molecule has 0 aromatic heterocycles. The van der Waals surface area contributed by atoms with E-state index in [1.54, 1.807) is 55.6 Å². The van der Waals surface area contributed by atoms with Gasteiger partial charge >= 0.3 is 0 Å². The second-order valence-corrected chi connectivity index (χ2v) is 7.55. The fraction of sp³-hybridized carbons (Fsp3) is 0.130. The van der Waals surface area contributed by atoms with Crippen LogP contribution in [0.15, 0.2) is 60.7 Å². The van der Waals surface area contributed by atoms with Gasteiger partial charge in [-0.05, 0) is 67.1 Å². The maximum Gasteiger partial charge on any atom is 0.262 e. The van der Waals surface area contributed by atoms with Crippen molar-refractivity contribution >= 4 is 46.4 Å². The number of carbonyl (C=O) groups excluding carboxylic acids is 2. The molecule has 0 bridgehead atoms. The zero-order valence-corrected chi connectivity index (χ0v) is 18.4. The molecule has 0 atom stereocenters. The van der Waals surface area contributed by atoms with Crippen molar-refractivity contribution in [2.45, 2.75) is 6.92 Å². The van der Waals surface area contributed by atoms with Gasteiger partial charge in [-0.2, -0.15) is 0 Å². The monoisotopic (exact) mass is 458 g/mol. The van der Waals surface area contributed by atoms with E-state index in [0.717, 1.165) is 5.56 Å². The van der Waals surface area contributed by atoms with Gasteiger partial charge in [-0.25, -0.2) is 0 Å². The van der Waals surface area contributed by atoms with Crippen LogP contribution in [0.3, 0.4) is 0 Å². The number of halogens is 2. The Labute approximate surface area is 190 Å². The van der Waals surface area contributed by atoms with Crippen LogP contribution in [0, 0.1) is 6.92 Å². The largest absolute Gasteiger partial charge is 0.495 e. The molecule has 0 fully saturated rings. The predicted molar refractivity (Wildman–Crippen MR) is 123 cm³/mol. The van der Waals surface area contributed by atoms with E-state index in [4.69, 9.17) is 32.7 Å². The number of hydrogen-bond donors (Lipinski definition) is 2. The number of anilines is 2. The summed E-state index contributed by atoms with van der Waals surface area (Å²) in [5, 5.41) is 6.33. The molecule has 0 aliphatic rings. The standard InChI is InChI=1S/C23H20Cl2N2O4/c1-14-3-8-21(30-2)20(9-14)27-23(29)15-4-6-19(7-5-15)31-13-22(28)26-18-11-16(24)10-17(25)12-18/h3-12H,13H2,1-2H3,(H,26,28)(H,27,29). The Hall–Kier alpha value is -3.22. The SMILES string of the molecule is COc1ccc(C)cc1NC(=O)c1ccc(OCC(=O)Nc2cc(Cl)cc(Cl)c2)cc1. The third-order valence-electron chi connectivity index (χ3n) is 4.24. The van der Waals surface area contributed by atoms with Crippen LogP contribution in [0.1, 0.15) is 15.9 Å². The molecule has 0 aliphatic heterocycles. The van der Waals surface area contributed by atoms with Crippen molar-refractivity contribution in [3.05, 3.63) is 81.8 Å². The fourth-order valence-electron chi connectivity index (χ4n) is 2.79. The highest BCUT2D eigenvalue weighted by molar-refractivity contribution is 6.35. The molecule has 0 radical (unpaired) electrons. The van der Waals surface area contributed by atoms with Crippen LogP contribution < -0.4 is 20.1 Å². The molecule has 3 aromatic carbocycles. The van der Waals surface area contributed by atoms with E-state index in [1.165, 1.54) is 0 Å². The lowest BCUT2D eigenvalue weighted by molar-refractivity contribution is -0.118. The number of ether oxygens (including phenoxy) is 2. The number of hydrogen-bond acceptors (Lipinski definition) is 4. The molecule has 0 aliphatic carbocycles. The van der Waals surface area contributed by atoms with E-state index in [1.807, 2.05) is 19.1 Å². The van der Waals surface area contributed by atoms with Gasteiger partial charge < -0.3 is 20.1 Å². The Balaban J connectivity index is 1.57. The van der Waals surface area contributed by atoms with Crippen molar-refractivity contribution in [1.82, 2.24) is 0 Å². The molecule has 2 amide bonds. The molecule has 0 saturated heterocycles. The quantitative estimate of drug-likeness (QED) is 0.484. The first-order chi connectivity index (χ1) is 14.8. The molecule has 6 nitrogen and oxygen atoms in total. The Bertz CT molecular complexity index is 1080. The lowest BCUT2D eigenvalue weighted by atomic mass is 10.1. The number of amides is 2. The van der Waals surface area contributed by atoms with E-state index in [2.05, 4.69) is 10.6 Å². The number of rotatable bonds is 7. The van der Waals surface area contributed by atoms with Crippen LogP contribution >= 0.6 is 23.2 Å². The third kappa shape index (κ3) is 6.38. The third-order valence-corrected chi connectivity index (χ3v) is 4.67. The molecular weight excluding hydrogens is 439 g/mol. The number of carbonyl (C=O) groups is 2. The molecular formula is C23H20Cl2N2O4. The second-order valence-electron chi connectivity index (χ2n) is 6.68. The Morgan fingerprint density at radius 3 is 2.23 bits per heavy atom. The van der Waals surface area contributed by atoms with Gasteiger partial charge in [-0.15, -0.1) is 0 Å². The highest BCUT2D eigenvalue weighted by atomic mass is 35.5. The van der Waals surface area contributed by atoms with E-state index in [-0.39, 0.29) is 18.4 Å². The molecule has 31 heavy (non-hydrogen) atoms. The molecule has 0 unspecified atom stereocenters. The van der Waals surface area contributed by atoms with E-state index >= 15 is 0 Å². The zero-order chi connectivity index (χ0) is 22.4. The summed E-state index contributed by atoms with van der Waals surface area (Å²) >= 11 is 11.8. The van der Waals surface area contributed by atoms with Gasteiger partial charge in [0.15, 0.2) is 6.61 Å². The minimum Gasteiger partial charge on any atom is -0.495 e. The average Bonchev–Trinajstić information content (AvgIpc) is 2.72. The van der Waals surface area contributed by atoms with Crippen molar-refractivity contribution in [2.75, 3.05) is 24.4 Å². The van der Waals surface area contributed by atoms with Crippen LogP contribution in [0.25, 0.3) is 0 Å². The zero-order valence-electron chi connectivity index (χ0n) is 16.9. The summed E-state index contributed by atoms with van der Waals surface area (Å²) in [4.78, 5) is 24.6. The summed E-state index contributed by atoms with van der Waals surface area (Å²) in [6.45, 7) is 1.72. The number of methoxy groups -OCH3 is 1. The molecule has 160 valence electrons. The van der Waals surface area contributed by atoms with Crippen molar-refractivity contribution in [1.29, 1.82) is 0 Å². The molecule has 3 rings (SSSR count). The highest BCUT2D eigenvalue weighted by Gasteiger charge is 2.11. The van der Waals surface area contributed by atoms with Crippen LogP contribution in [-0.4, -0.2) is 25.5 Å². The number of nitrogens with one attached hydrogen (secondary N) is 2. The average molecular weight is 459 g/mol. The van der Waals surface area contributed by atoms with Gasteiger partial charge in [-0.3, -0.25) is 9.59 Å². The first kappa shape index (κ1) is 22.5. The summed E-state index contributed by atoms with van der Waals surface area (Å²) in [7, 11) is 1.55. The Morgan fingerprint density at radius 2 is 1.58 bits per heavy atom. The molecule has 8 heteroatoms. The molecule has 0 spiro atoms. The smallest absolute Gasteiger partial charge is 0.262 e. The summed E-state index contributed by atoms with van der Waals surface area (Å²) < 4.78 is 10.8. The van der Waals surface area contributed by atoms with Gasteiger partial charge in [-0.1, -0.05) is 29.3 Å². The maximum atomic E-state index is 12.5. The van der Waals surface area contributed by atoms with E-state index in [9.17, 15) is 9.59 Å². The van der Waals surface area contributed by atoms with Crippen molar-refractivity contribution in [3.8, 4) is 11.5 Å². The topological polar surface area (TPSA) is 76.7 Å². The Kier molecular flexibility index (Phi) is 7.39. The van der Waals surface area contributed by atoms with E-state index in [0.29, 0.717) is 38.5 Å². The van der Waals surface area contributed by atoms with Crippen LogP contribution in [-0.2, 0) is 4.79 Å². The second kappa shape index (κ2) is 10.2. The maximum absolute atomic E-state index is 12.5. The summed E-state index contributed by atoms with van der Waals surface area (Å²) in [5.74, 6) is 0.368. The number of benzene rings is 3. The van der Waals surface area contributed by atoms with Crippen LogP contribution in [0.2, 0.25) is 10.0 Å². The lowest BCUT2D eigenvalue weighted by Gasteiger charge is -2.12. The molecule has 0 saturated carbocycles. The van der Waals surface area contributed by atoms with Crippen molar-refractivity contribution in [2.24, 2.45) is 0 Å².